The van der Waals surface area contributed by atoms with Gasteiger partial charge in [-0.05, 0) is 36.8 Å². The number of aromatic nitrogens is 1. The van der Waals surface area contributed by atoms with Crippen LogP contribution in [0.1, 0.15) is 22.5 Å². The van der Waals surface area contributed by atoms with Gasteiger partial charge in [-0.1, -0.05) is 0 Å². The summed E-state index contributed by atoms with van der Waals surface area (Å²) in [6.07, 6.45) is 0.108. The number of nitrogens with zero attached hydrogens (tertiary/aromatic N) is 1. The normalized spacial score (nSPS) is 13.8. The van der Waals surface area contributed by atoms with E-state index in [2.05, 4.69) is 0 Å². The van der Waals surface area contributed by atoms with E-state index < -0.39 is 38.2 Å². The van der Waals surface area contributed by atoms with Crippen LogP contribution in [0.3, 0.4) is 0 Å². The number of ketones is 1. The number of halogens is 4. The molecule has 144 valence electrons. The van der Waals surface area contributed by atoms with Crippen LogP contribution in [0.15, 0.2) is 47.4 Å². The molecule has 0 unspecified atom stereocenters. The van der Waals surface area contributed by atoms with E-state index in [0.717, 1.165) is 24.3 Å². The second-order valence-corrected chi connectivity index (χ2v) is 8.04. The molecule has 9 heteroatoms. The molecule has 0 N–H and O–H groups in total. The van der Waals surface area contributed by atoms with Gasteiger partial charge in [-0.15, -0.1) is 0 Å². The van der Waals surface area contributed by atoms with Gasteiger partial charge in [-0.2, -0.15) is 0 Å². The molecule has 0 saturated heterocycles. The minimum atomic E-state index is -4.64. The third-order valence-electron chi connectivity index (χ3n) is 4.56. The fourth-order valence-corrected chi connectivity index (χ4v) is 4.95. The van der Waals surface area contributed by atoms with Crippen molar-refractivity contribution in [1.82, 2.24) is 3.97 Å². The van der Waals surface area contributed by atoms with Crippen molar-refractivity contribution >= 4 is 15.8 Å². The van der Waals surface area contributed by atoms with Gasteiger partial charge in [0.15, 0.2) is 5.78 Å². The molecule has 0 radical (unpaired) electrons. The van der Waals surface area contributed by atoms with Gasteiger partial charge in [0.1, 0.15) is 28.2 Å². The third kappa shape index (κ3) is 2.73. The summed E-state index contributed by atoms with van der Waals surface area (Å²) in [5.74, 6) is -4.53. The number of hydrogen-bond acceptors (Lipinski definition) is 3. The Labute approximate surface area is 157 Å². The predicted octanol–water partition coefficient (Wildman–Crippen LogP) is 4.08. The molecule has 0 aliphatic heterocycles. The van der Waals surface area contributed by atoms with Crippen molar-refractivity contribution in [1.29, 1.82) is 0 Å². The average Bonchev–Trinajstić information content (AvgIpc) is 3.14. The SMILES string of the molecule is O=C1CCc2c1cc(-c1ccc(F)cc1F)n2S(=O)(=O)c1ccc(F)cc1F. The van der Waals surface area contributed by atoms with Crippen molar-refractivity contribution in [3.05, 3.63) is 77.0 Å². The van der Waals surface area contributed by atoms with E-state index in [1.165, 1.54) is 6.07 Å². The highest BCUT2D eigenvalue weighted by Crippen LogP contribution is 2.36. The fourth-order valence-electron chi connectivity index (χ4n) is 3.32. The molecule has 2 aromatic carbocycles. The Bertz CT molecular complexity index is 1250. The quantitative estimate of drug-likeness (QED) is 0.613. The van der Waals surface area contributed by atoms with Gasteiger partial charge in [0.05, 0.1) is 5.69 Å². The Morgan fingerprint density at radius 1 is 0.786 bits per heavy atom. The molecule has 1 heterocycles. The third-order valence-corrected chi connectivity index (χ3v) is 6.35. The first kappa shape index (κ1) is 18.4. The monoisotopic (exact) mass is 409 g/mol. The van der Waals surface area contributed by atoms with Crippen molar-refractivity contribution in [2.45, 2.75) is 17.7 Å². The first-order chi connectivity index (χ1) is 13.2. The summed E-state index contributed by atoms with van der Waals surface area (Å²) in [6, 6.07) is 5.70. The molecule has 0 fully saturated rings. The second-order valence-electron chi connectivity index (χ2n) is 6.28. The van der Waals surface area contributed by atoms with Crippen LogP contribution in [0.25, 0.3) is 11.3 Å². The molecular formula is C19H11F4NO3S. The molecule has 4 rings (SSSR count). The van der Waals surface area contributed by atoms with Crippen molar-refractivity contribution in [3.8, 4) is 11.3 Å². The zero-order valence-electron chi connectivity index (χ0n) is 14.0. The predicted molar refractivity (Wildman–Crippen MR) is 91.4 cm³/mol. The number of fused-ring (bicyclic) bond motifs is 1. The maximum absolute atomic E-state index is 14.3. The number of Topliss-reactive ketones (excluding diaryl/α,β-unsaturated/α-hetero) is 1. The lowest BCUT2D eigenvalue weighted by Crippen LogP contribution is -2.18. The number of hydrogen-bond donors (Lipinski definition) is 0. The van der Waals surface area contributed by atoms with Crippen LogP contribution in [0.2, 0.25) is 0 Å². The van der Waals surface area contributed by atoms with Gasteiger partial charge in [0, 0.05) is 35.4 Å². The molecule has 1 aliphatic carbocycles. The summed E-state index contributed by atoms with van der Waals surface area (Å²) in [6.45, 7) is 0. The molecule has 0 saturated carbocycles. The van der Waals surface area contributed by atoms with Crippen LogP contribution in [0.4, 0.5) is 17.6 Å². The summed E-state index contributed by atoms with van der Waals surface area (Å²) in [5, 5.41) is 0. The standard InChI is InChI=1S/C19H11F4NO3S/c20-10-1-3-12(14(22)7-10)17-9-13-16(4-5-18(13)25)24(17)28(26,27)19-6-2-11(21)8-15(19)23/h1-3,6-9H,4-5H2. The fraction of sp³-hybridized carbons (Fsp3) is 0.105. The molecule has 4 nitrogen and oxygen atoms in total. The summed E-state index contributed by atoms with van der Waals surface area (Å²) in [4.78, 5) is 11.3. The van der Waals surface area contributed by atoms with Gasteiger partial charge < -0.3 is 0 Å². The Balaban J connectivity index is 2.03. The molecule has 1 aromatic heterocycles. The average molecular weight is 409 g/mol. The van der Waals surface area contributed by atoms with Crippen LogP contribution in [0.5, 0.6) is 0 Å². The van der Waals surface area contributed by atoms with E-state index >= 15 is 0 Å². The van der Waals surface area contributed by atoms with Gasteiger partial charge in [-0.25, -0.2) is 30.0 Å². The zero-order chi connectivity index (χ0) is 20.2. The Kier molecular flexibility index (Phi) is 4.15. The number of benzene rings is 2. The smallest absolute Gasteiger partial charge is 0.271 e. The molecule has 1 aliphatic rings. The number of carbonyl (C=O) groups excluding carboxylic acids is 1. The Morgan fingerprint density at radius 2 is 1.43 bits per heavy atom. The van der Waals surface area contributed by atoms with Gasteiger partial charge in [0.2, 0.25) is 0 Å². The molecule has 28 heavy (non-hydrogen) atoms. The zero-order valence-corrected chi connectivity index (χ0v) is 14.9. The summed E-state index contributed by atoms with van der Waals surface area (Å²) in [5.41, 5.74) is -0.355. The Hall–Kier alpha value is -2.94. The molecular weight excluding hydrogens is 398 g/mol. The molecule has 0 bridgehead atoms. The molecule has 0 atom stereocenters. The van der Waals surface area contributed by atoms with Gasteiger partial charge >= 0.3 is 0 Å². The molecule has 0 spiro atoms. The Morgan fingerprint density at radius 3 is 2.07 bits per heavy atom. The van der Waals surface area contributed by atoms with Crippen LogP contribution in [-0.4, -0.2) is 18.2 Å². The van der Waals surface area contributed by atoms with E-state index in [9.17, 15) is 30.8 Å². The van der Waals surface area contributed by atoms with E-state index in [4.69, 9.17) is 0 Å². The molecule has 3 aromatic rings. The lowest BCUT2D eigenvalue weighted by Gasteiger charge is -2.14. The van der Waals surface area contributed by atoms with E-state index in [-0.39, 0.29) is 41.1 Å². The molecule has 0 amide bonds. The summed E-state index contributed by atoms with van der Waals surface area (Å²) >= 11 is 0. The lowest BCUT2D eigenvalue weighted by molar-refractivity contribution is 0.0994. The highest BCUT2D eigenvalue weighted by atomic mass is 32.2. The summed E-state index contributed by atoms with van der Waals surface area (Å²) in [7, 11) is -4.64. The van der Waals surface area contributed by atoms with Crippen molar-refractivity contribution in [2.24, 2.45) is 0 Å². The first-order valence-electron chi connectivity index (χ1n) is 8.14. The van der Waals surface area contributed by atoms with Crippen LogP contribution in [0, 0.1) is 23.3 Å². The number of rotatable bonds is 3. The maximum atomic E-state index is 14.3. The topological polar surface area (TPSA) is 56.1 Å². The minimum absolute atomic E-state index is 0.0538. The highest BCUT2D eigenvalue weighted by Gasteiger charge is 2.34. The van der Waals surface area contributed by atoms with Crippen LogP contribution in [-0.2, 0) is 16.4 Å². The van der Waals surface area contributed by atoms with Crippen molar-refractivity contribution < 1.29 is 30.8 Å². The van der Waals surface area contributed by atoms with E-state index in [0.29, 0.717) is 16.1 Å². The van der Waals surface area contributed by atoms with Crippen molar-refractivity contribution in [3.63, 3.8) is 0 Å². The van der Waals surface area contributed by atoms with Gasteiger partial charge in [-0.3, -0.25) is 4.79 Å². The lowest BCUT2D eigenvalue weighted by atomic mass is 10.1. The second kappa shape index (κ2) is 6.30. The largest absolute Gasteiger partial charge is 0.294 e. The van der Waals surface area contributed by atoms with E-state index in [1.54, 1.807) is 0 Å². The van der Waals surface area contributed by atoms with Crippen molar-refractivity contribution in [2.75, 3.05) is 0 Å². The summed E-state index contributed by atoms with van der Waals surface area (Å²) < 4.78 is 82.0. The van der Waals surface area contributed by atoms with Crippen LogP contribution < -0.4 is 0 Å². The van der Waals surface area contributed by atoms with Crippen LogP contribution >= 0.6 is 0 Å². The first-order valence-corrected chi connectivity index (χ1v) is 9.58. The minimum Gasteiger partial charge on any atom is -0.294 e. The maximum Gasteiger partial charge on any atom is 0.271 e. The van der Waals surface area contributed by atoms with Gasteiger partial charge in [0.25, 0.3) is 10.0 Å². The highest BCUT2D eigenvalue weighted by molar-refractivity contribution is 7.90. The number of carbonyl (C=O) groups is 1. The van der Waals surface area contributed by atoms with E-state index in [1.807, 2.05) is 0 Å².